The average molecular weight is 367 g/mol. The molecule has 0 aromatic heterocycles. The maximum Gasteiger partial charge on any atom is 0.161 e. The molecular weight excluding hydrogens is 353 g/mol. The zero-order chi connectivity index (χ0) is 13.2. The summed E-state index contributed by atoms with van der Waals surface area (Å²) in [6.45, 7) is 1.20. The van der Waals surface area contributed by atoms with Crippen LogP contribution in [0.25, 0.3) is 0 Å². The van der Waals surface area contributed by atoms with Crippen LogP contribution >= 0.6 is 22.6 Å². The topological polar surface area (TPSA) is 44.5 Å². The lowest BCUT2D eigenvalue weighted by Crippen LogP contribution is -2.17. The highest BCUT2D eigenvalue weighted by Gasteiger charge is 2.15. The SMILES string of the molecule is NC(c1cccc(I)c1)c1ccc2c(c1)OCCO2. The molecule has 1 atom stereocenters. The van der Waals surface area contributed by atoms with Gasteiger partial charge in [0.2, 0.25) is 0 Å². The minimum Gasteiger partial charge on any atom is -0.486 e. The normalized spacial score (nSPS) is 15.1. The van der Waals surface area contributed by atoms with Crippen LogP contribution in [-0.2, 0) is 0 Å². The number of fused-ring (bicyclic) bond motifs is 1. The number of rotatable bonds is 2. The summed E-state index contributed by atoms with van der Waals surface area (Å²) in [4.78, 5) is 0. The fraction of sp³-hybridized carbons (Fsp3) is 0.200. The molecule has 0 saturated carbocycles. The van der Waals surface area contributed by atoms with Gasteiger partial charge >= 0.3 is 0 Å². The van der Waals surface area contributed by atoms with Gasteiger partial charge in [-0.25, -0.2) is 0 Å². The molecule has 0 bridgehead atoms. The maximum atomic E-state index is 6.32. The summed E-state index contributed by atoms with van der Waals surface area (Å²) < 4.78 is 12.3. The molecule has 1 heterocycles. The van der Waals surface area contributed by atoms with Gasteiger partial charge in [0.05, 0.1) is 6.04 Å². The summed E-state index contributed by atoms with van der Waals surface area (Å²) in [5.41, 5.74) is 8.45. The molecule has 2 aromatic rings. The first kappa shape index (κ1) is 12.7. The maximum absolute atomic E-state index is 6.32. The van der Waals surface area contributed by atoms with Gasteiger partial charge in [0.25, 0.3) is 0 Å². The molecule has 1 aliphatic rings. The average Bonchev–Trinajstić information content (AvgIpc) is 2.46. The molecule has 3 rings (SSSR count). The Morgan fingerprint density at radius 3 is 2.47 bits per heavy atom. The lowest BCUT2D eigenvalue weighted by atomic mass is 9.99. The van der Waals surface area contributed by atoms with Crippen molar-refractivity contribution < 1.29 is 9.47 Å². The number of halogens is 1. The molecule has 1 unspecified atom stereocenters. The molecule has 0 aliphatic carbocycles. The highest BCUT2D eigenvalue weighted by atomic mass is 127. The third kappa shape index (κ3) is 2.69. The van der Waals surface area contributed by atoms with E-state index in [2.05, 4.69) is 34.7 Å². The van der Waals surface area contributed by atoms with Crippen LogP contribution in [0.3, 0.4) is 0 Å². The monoisotopic (exact) mass is 367 g/mol. The molecule has 2 N–H and O–H groups in total. The Morgan fingerprint density at radius 2 is 1.68 bits per heavy atom. The van der Waals surface area contributed by atoms with Gasteiger partial charge in [-0.2, -0.15) is 0 Å². The van der Waals surface area contributed by atoms with Crippen molar-refractivity contribution in [2.45, 2.75) is 6.04 Å². The van der Waals surface area contributed by atoms with Crippen molar-refractivity contribution in [2.75, 3.05) is 13.2 Å². The van der Waals surface area contributed by atoms with E-state index in [9.17, 15) is 0 Å². The molecule has 2 aromatic carbocycles. The Morgan fingerprint density at radius 1 is 0.947 bits per heavy atom. The Bertz CT molecular complexity index is 600. The number of ether oxygens (including phenoxy) is 2. The Balaban J connectivity index is 1.93. The number of hydrogen-bond acceptors (Lipinski definition) is 3. The number of hydrogen-bond donors (Lipinski definition) is 1. The van der Waals surface area contributed by atoms with Gasteiger partial charge in [-0.1, -0.05) is 18.2 Å². The second kappa shape index (κ2) is 5.38. The van der Waals surface area contributed by atoms with E-state index in [4.69, 9.17) is 15.2 Å². The van der Waals surface area contributed by atoms with Crippen LogP contribution in [0.15, 0.2) is 42.5 Å². The lowest BCUT2D eigenvalue weighted by Gasteiger charge is -2.20. The van der Waals surface area contributed by atoms with Crippen molar-refractivity contribution >= 4 is 22.6 Å². The van der Waals surface area contributed by atoms with Crippen molar-refractivity contribution in [1.29, 1.82) is 0 Å². The highest BCUT2D eigenvalue weighted by Crippen LogP contribution is 2.33. The van der Waals surface area contributed by atoms with E-state index in [0.717, 1.165) is 22.6 Å². The molecule has 3 nitrogen and oxygen atoms in total. The minimum absolute atomic E-state index is 0.148. The molecule has 0 spiro atoms. The zero-order valence-corrected chi connectivity index (χ0v) is 12.5. The number of benzene rings is 2. The van der Waals surface area contributed by atoms with Crippen molar-refractivity contribution in [3.63, 3.8) is 0 Å². The van der Waals surface area contributed by atoms with E-state index in [-0.39, 0.29) is 6.04 Å². The summed E-state index contributed by atoms with van der Waals surface area (Å²) in [5, 5.41) is 0. The van der Waals surface area contributed by atoms with Crippen molar-refractivity contribution in [1.82, 2.24) is 0 Å². The van der Waals surface area contributed by atoms with Crippen LogP contribution in [0.4, 0.5) is 0 Å². The van der Waals surface area contributed by atoms with Gasteiger partial charge < -0.3 is 15.2 Å². The third-order valence-electron chi connectivity index (χ3n) is 3.13. The van der Waals surface area contributed by atoms with Gasteiger partial charge in [0.1, 0.15) is 13.2 Å². The third-order valence-corrected chi connectivity index (χ3v) is 3.80. The van der Waals surface area contributed by atoms with Gasteiger partial charge in [0, 0.05) is 3.57 Å². The van der Waals surface area contributed by atoms with Crippen molar-refractivity contribution in [3.05, 3.63) is 57.2 Å². The molecule has 98 valence electrons. The van der Waals surface area contributed by atoms with Crippen LogP contribution in [0.2, 0.25) is 0 Å². The van der Waals surface area contributed by atoms with E-state index in [0.29, 0.717) is 13.2 Å². The molecule has 19 heavy (non-hydrogen) atoms. The Hall–Kier alpha value is -1.27. The largest absolute Gasteiger partial charge is 0.486 e. The van der Waals surface area contributed by atoms with Crippen LogP contribution < -0.4 is 15.2 Å². The van der Waals surface area contributed by atoms with Gasteiger partial charge in [-0.05, 0) is 58.0 Å². The van der Waals surface area contributed by atoms with Crippen LogP contribution in [0.1, 0.15) is 17.2 Å². The highest BCUT2D eigenvalue weighted by molar-refractivity contribution is 14.1. The predicted octanol–water partition coefficient (Wildman–Crippen LogP) is 3.11. The molecule has 0 saturated heterocycles. The van der Waals surface area contributed by atoms with Crippen LogP contribution in [0, 0.1) is 3.57 Å². The number of nitrogens with two attached hydrogens (primary N) is 1. The van der Waals surface area contributed by atoms with Gasteiger partial charge in [-0.3, -0.25) is 0 Å². The Kier molecular flexibility index (Phi) is 3.61. The second-order valence-corrected chi connectivity index (χ2v) is 5.68. The summed E-state index contributed by atoms with van der Waals surface area (Å²) >= 11 is 2.29. The van der Waals surface area contributed by atoms with Gasteiger partial charge in [0.15, 0.2) is 11.5 Å². The van der Waals surface area contributed by atoms with E-state index >= 15 is 0 Å². The smallest absolute Gasteiger partial charge is 0.161 e. The fourth-order valence-electron chi connectivity index (χ4n) is 2.15. The first-order valence-electron chi connectivity index (χ1n) is 6.14. The molecule has 0 amide bonds. The van der Waals surface area contributed by atoms with Crippen molar-refractivity contribution in [2.24, 2.45) is 5.73 Å². The lowest BCUT2D eigenvalue weighted by molar-refractivity contribution is 0.171. The molecule has 4 heteroatoms. The molecule has 0 fully saturated rings. The summed E-state index contributed by atoms with van der Waals surface area (Å²) in [5.74, 6) is 1.58. The first-order valence-corrected chi connectivity index (χ1v) is 7.22. The van der Waals surface area contributed by atoms with E-state index < -0.39 is 0 Å². The first-order chi connectivity index (χ1) is 9.24. The van der Waals surface area contributed by atoms with E-state index in [1.807, 2.05) is 30.3 Å². The summed E-state index contributed by atoms with van der Waals surface area (Å²) in [7, 11) is 0. The van der Waals surface area contributed by atoms with E-state index in [1.54, 1.807) is 0 Å². The van der Waals surface area contributed by atoms with Crippen molar-refractivity contribution in [3.8, 4) is 11.5 Å². The molecular formula is C15H14INO2. The quantitative estimate of drug-likeness (QED) is 0.830. The fourth-order valence-corrected chi connectivity index (χ4v) is 2.71. The molecule has 0 radical (unpaired) electrons. The van der Waals surface area contributed by atoms with Crippen LogP contribution in [0.5, 0.6) is 11.5 Å². The Labute approximate surface area is 125 Å². The van der Waals surface area contributed by atoms with E-state index in [1.165, 1.54) is 3.57 Å². The summed E-state index contributed by atoms with van der Waals surface area (Å²) in [6.07, 6.45) is 0. The molecule has 1 aliphatic heterocycles. The predicted molar refractivity (Wildman–Crippen MR) is 82.6 cm³/mol. The standard InChI is InChI=1S/C15H14INO2/c16-12-3-1-2-10(8-12)15(17)11-4-5-13-14(9-11)19-7-6-18-13/h1-5,8-9,15H,6-7,17H2. The minimum atomic E-state index is -0.148. The zero-order valence-electron chi connectivity index (χ0n) is 10.3. The van der Waals surface area contributed by atoms with Gasteiger partial charge in [-0.15, -0.1) is 0 Å². The second-order valence-electron chi connectivity index (χ2n) is 4.44. The van der Waals surface area contributed by atoms with Crippen LogP contribution in [-0.4, -0.2) is 13.2 Å². The summed E-state index contributed by atoms with van der Waals surface area (Å²) in [6, 6.07) is 14.0.